The number of amides is 2. The van der Waals surface area contributed by atoms with E-state index >= 15 is 0 Å². The fourth-order valence-electron chi connectivity index (χ4n) is 7.11. The summed E-state index contributed by atoms with van der Waals surface area (Å²) in [6.45, 7) is 5.25. The zero-order chi connectivity index (χ0) is 51.4. The Bertz CT molecular complexity index is 1540. The van der Waals surface area contributed by atoms with Gasteiger partial charge in [-0.3, -0.25) is 24.0 Å². The molecular formula is C45H80ClN3O20. The highest BCUT2D eigenvalue weighted by Gasteiger charge is 2.50. The molecule has 0 saturated carbocycles. The summed E-state index contributed by atoms with van der Waals surface area (Å²) in [5, 5.41) is 72.3. The molecule has 2 saturated heterocycles. The van der Waals surface area contributed by atoms with E-state index in [1.165, 1.54) is 20.8 Å². The van der Waals surface area contributed by atoms with E-state index in [1.54, 1.807) is 0 Å². The summed E-state index contributed by atoms with van der Waals surface area (Å²) in [6, 6.07) is -1.20. The number of unbranched alkanes of at least 4 members (excludes halogenated alkanes) is 7. The maximum absolute atomic E-state index is 12.6. The molecular weight excluding hydrogens is 938 g/mol. The van der Waals surface area contributed by atoms with Gasteiger partial charge in [0.2, 0.25) is 18.6 Å². The van der Waals surface area contributed by atoms with Gasteiger partial charge < -0.3 is 96.8 Å². The molecule has 2 aliphatic heterocycles. The molecule has 12 atom stereocenters. The predicted octanol–water partition coefficient (Wildman–Crippen LogP) is -3.90. The van der Waals surface area contributed by atoms with Crippen LogP contribution in [0.25, 0.3) is 0 Å². The van der Waals surface area contributed by atoms with Crippen LogP contribution >= 0.6 is 0 Å². The second-order valence-electron chi connectivity index (χ2n) is 17.7. The van der Waals surface area contributed by atoms with Crippen molar-refractivity contribution in [2.24, 2.45) is 11.7 Å². The molecule has 0 aromatic rings. The Morgan fingerprint density at radius 1 is 0.797 bits per heavy atom. The number of primary amides is 1. The monoisotopic (exact) mass is 1020 g/mol. The molecule has 0 aliphatic carbocycles. The average Bonchev–Trinajstić information content (AvgIpc) is 3.25. The van der Waals surface area contributed by atoms with Crippen LogP contribution in [0.2, 0.25) is 0 Å². The van der Waals surface area contributed by atoms with Crippen LogP contribution in [0.5, 0.6) is 0 Å². The molecule has 2 aliphatic rings. The first-order chi connectivity index (χ1) is 32.1. The first-order valence-corrected chi connectivity index (χ1v) is 23.3. The van der Waals surface area contributed by atoms with Gasteiger partial charge in [0.05, 0.1) is 39.5 Å². The number of allylic oxidation sites excluding steroid dienone is 1. The lowest BCUT2D eigenvalue weighted by Crippen LogP contribution is -3.00. The third-order valence-corrected chi connectivity index (χ3v) is 11.1. The van der Waals surface area contributed by atoms with Crippen LogP contribution in [0.15, 0.2) is 12.2 Å². The summed E-state index contributed by atoms with van der Waals surface area (Å²) >= 11 is 0. The standard InChI is InChI=1S/C30H52N2O10.C15H27NO10.ClH/c1-5-6-13-17-26(42-30(38)22-32(3,4)19-20-39-24(2)33)25(34)16-14-11-9-7-8-10-12-15-18-28(36)40-23-41-29(37)21-27(31)35;1-5-10(20)13(8(4-18)24-14(5)23)26-15-9(16-6(2)19)12(22)11(21)7(3-17)25-15;/h11,14,25-26,34H,5-10,12-13,15-23H2,1-4H3,(H-,31,35);5,7-15,17-18,20-23H,3-4H2,1-2H3,(H,16,19);1H/b14-11-;;/t;5?,7?,8?,9?,10-,11-,12-,13-,14-,15+;/m.0./s1. The Balaban J connectivity index is 0.00000146. The molecule has 402 valence electrons. The molecule has 2 fully saturated rings. The second-order valence-corrected chi connectivity index (χ2v) is 17.7. The highest BCUT2D eigenvalue weighted by molar-refractivity contribution is 5.93. The van der Waals surface area contributed by atoms with Crippen LogP contribution in [0.1, 0.15) is 111 Å². The summed E-state index contributed by atoms with van der Waals surface area (Å²) in [5.74, 6) is -4.12. The Labute approximate surface area is 410 Å². The molecule has 6 unspecified atom stereocenters. The fraction of sp³-hybridized carbons (Fsp3) is 0.822. The van der Waals surface area contributed by atoms with Gasteiger partial charge in [-0.1, -0.05) is 58.1 Å². The first kappa shape index (κ1) is 65.4. The molecule has 0 aromatic heterocycles. The minimum Gasteiger partial charge on any atom is -1.00 e. The number of rotatable bonds is 30. The zero-order valence-corrected chi connectivity index (χ0v) is 41.6. The molecule has 23 nitrogen and oxygen atoms in total. The van der Waals surface area contributed by atoms with Crippen molar-refractivity contribution in [3.8, 4) is 0 Å². The molecule has 0 spiro atoms. The van der Waals surface area contributed by atoms with E-state index in [4.69, 9.17) is 34.2 Å². The lowest BCUT2D eigenvalue weighted by Gasteiger charge is -2.46. The molecule has 10 N–H and O–H groups in total. The number of ether oxygens (including phenoxy) is 7. The number of nitrogens with one attached hydrogen (secondary N) is 1. The Kier molecular flexibility index (Phi) is 33.7. The third kappa shape index (κ3) is 27.0. The van der Waals surface area contributed by atoms with Crippen LogP contribution in [0.4, 0.5) is 0 Å². The summed E-state index contributed by atoms with van der Waals surface area (Å²) < 4.78 is 36.7. The quantitative estimate of drug-likeness (QED) is 0.00632. The average molecular weight is 1020 g/mol. The molecule has 69 heavy (non-hydrogen) atoms. The number of quaternary nitrogens is 1. The summed E-state index contributed by atoms with van der Waals surface area (Å²) in [6.07, 6.45) is 1.16. The van der Waals surface area contributed by atoms with Crippen molar-refractivity contribution >= 4 is 35.7 Å². The minimum atomic E-state index is -1.51. The lowest BCUT2D eigenvalue weighted by molar-refractivity contribution is -0.883. The maximum Gasteiger partial charge on any atom is 0.362 e. The van der Waals surface area contributed by atoms with Crippen LogP contribution in [0, 0.1) is 5.92 Å². The minimum absolute atomic E-state index is 0. The Morgan fingerprint density at radius 2 is 1.43 bits per heavy atom. The number of hydrogen-bond acceptors (Lipinski definition) is 20. The van der Waals surface area contributed by atoms with Crippen LogP contribution in [0.3, 0.4) is 0 Å². The van der Waals surface area contributed by atoms with Crippen LogP contribution in [-0.4, -0.2) is 197 Å². The van der Waals surface area contributed by atoms with Crippen molar-refractivity contribution in [3.05, 3.63) is 12.2 Å². The number of likely N-dealkylation sites (N-methyl/N-ethyl adjacent to an activating group) is 1. The van der Waals surface area contributed by atoms with E-state index in [-0.39, 0.29) is 43.9 Å². The van der Waals surface area contributed by atoms with E-state index < -0.39 is 124 Å². The first-order valence-electron chi connectivity index (χ1n) is 23.3. The number of halogens is 1. The fourth-order valence-corrected chi connectivity index (χ4v) is 7.11. The van der Waals surface area contributed by atoms with Crippen molar-refractivity contribution < 1.29 is 115 Å². The summed E-state index contributed by atoms with van der Waals surface area (Å²) in [4.78, 5) is 68.4. The van der Waals surface area contributed by atoms with Gasteiger partial charge in [-0.05, 0) is 38.5 Å². The van der Waals surface area contributed by atoms with Gasteiger partial charge in [-0.15, -0.1) is 0 Å². The van der Waals surface area contributed by atoms with E-state index in [9.17, 15) is 64.5 Å². The van der Waals surface area contributed by atoms with E-state index in [0.717, 1.165) is 51.4 Å². The predicted molar refractivity (Wildman–Crippen MR) is 239 cm³/mol. The van der Waals surface area contributed by atoms with E-state index in [2.05, 4.69) is 17.0 Å². The molecule has 0 bridgehead atoms. The van der Waals surface area contributed by atoms with Gasteiger partial charge >= 0.3 is 23.9 Å². The zero-order valence-electron chi connectivity index (χ0n) is 40.9. The highest BCUT2D eigenvalue weighted by atomic mass is 35.5. The van der Waals surface area contributed by atoms with Crippen molar-refractivity contribution in [2.75, 3.05) is 53.8 Å². The van der Waals surface area contributed by atoms with Crippen molar-refractivity contribution in [1.82, 2.24) is 5.32 Å². The van der Waals surface area contributed by atoms with Crippen LogP contribution < -0.4 is 23.5 Å². The molecule has 24 heteroatoms. The second kappa shape index (κ2) is 35.5. The molecule has 0 aromatic carbocycles. The lowest BCUT2D eigenvalue weighted by atomic mass is 9.91. The number of aliphatic hydroxyl groups excluding tert-OH is 7. The van der Waals surface area contributed by atoms with Gasteiger partial charge in [-0.25, -0.2) is 4.79 Å². The number of hydrogen-bond donors (Lipinski definition) is 9. The van der Waals surface area contributed by atoms with Gasteiger partial charge in [0.25, 0.3) is 0 Å². The number of aliphatic hydroxyl groups is 7. The number of esters is 4. The Morgan fingerprint density at radius 3 is 2.04 bits per heavy atom. The molecule has 2 rings (SSSR count). The topological polar surface area (TPSA) is 347 Å². The number of nitrogens with zero attached hydrogens (tertiary/aromatic N) is 1. The SMILES string of the molecule is CC(=O)NC1[C@@H](O[C@H]2C(CO)O[C@H](O)C(C)[C@@H]2O)OC(CO)[C@H](O)[C@H]1O.CCCCCC(OC(=O)C[N+](C)(C)CCOC(C)=O)C(O)C/C=C\CCCCCCCC(=O)OCOC(=O)CC(N)=O.[Cl-]. The number of nitrogens with two attached hydrogens (primary N) is 1. The molecule has 2 amide bonds. The maximum atomic E-state index is 12.6. The van der Waals surface area contributed by atoms with Crippen LogP contribution in [-0.2, 0) is 61.9 Å². The number of carbonyl (C=O) groups excluding carboxylic acids is 6. The molecule has 0 radical (unpaired) electrons. The van der Waals surface area contributed by atoms with Gasteiger partial charge in [0, 0.05) is 26.2 Å². The van der Waals surface area contributed by atoms with Gasteiger partial charge in [0.15, 0.2) is 19.1 Å². The van der Waals surface area contributed by atoms with Crippen molar-refractivity contribution in [2.45, 2.75) is 179 Å². The summed E-state index contributed by atoms with van der Waals surface area (Å²) in [7, 11) is 3.73. The smallest absolute Gasteiger partial charge is 0.362 e. The third-order valence-electron chi connectivity index (χ3n) is 11.1. The van der Waals surface area contributed by atoms with Gasteiger partial charge in [0.1, 0.15) is 62.2 Å². The van der Waals surface area contributed by atoms with Crippen molar-refractivity contribution in [3.63, 3.8) is 0 Å². The highest BCUT2D eigenvalue weighted by Crippen LogP contribution is 2.31. The van der Waals surface area contributed by atoms with Crippen molar-refractivity contribution in [1.29, 1.82) is 0 Å². The molecule has 2 heterocycles. The van der Waals surface area contributed by atoms with E-state index in [0.29, 0.717) is 30.3 Å². The van der Waals surface area contributed by atoms with E-state index in [1.807, 2.05) is 26.2 Å². The largest absolute Gasteiger partial charge is 1.00 e. The van der Waals surface area contributed by atoms with Gasteiger partial charge in [-0.2, -0.15) is 0 Å². The normalized spacial score (nSPS) is 25.5. The Hall–Kier alpha value is -3.59. The number of carbonyl (C=O) groups is 6. The summed E-state index contributed by atoms with van der Waals surface area (Å²) in [5.41, 5.74) is 4.87.